The van der Waals surface area contributed by atoms with Gasteiger partial charge in [-0.25, -0.2) is 17.5 Å². The van der Waals surface area contributed by atoms with Gasteiger partial charge in [-0.05, 0) is 42.5 Å². The van der Waals surface area contributed by atoms with Crippen LogP contribution in [0, 0.1) is 0 Å². The Balaban J connectivity index is 1.58. The number of nitrogens with zero attached hydrogens (tertiary/aromatic N) is 3. The van der Waals surface area contributed by atoms with Crippen LogP contribution in [0.25, 0.3) is 11.0 Å². The summed E-state index contributed by atoms with van der Waals surface area (Å²) >= 11 is 0. The van der Waals surface area contributed by atoms with E-state index in [1.54, 1.807) is 18.3 Å². The number of esters is 1. The number of carbonyl (C=O) groups is 2. The number of nitrogens with one attached hydrogen (secondary N) is 1. The quantitative estimate of drug-likeness (QED) is 0.610. The van der Waals surface area contributed by atoms with Crippen molar-refractivity contribution < 1.29 is 22.7 Å². The van der Waals surface area contributed by atoms with E-state index in [-0.39, 0.29) is 10.5 Å². The lowest BCUT2D eigenvalue weighted by Gasteiger charge is -2.12. The molecule has 0 radical (unpaired) electrons. The number of benzene rings is 2. The minimum Gasteiger partial charge on any atom is -0.452 e. The molecule has 0 bridgehead atoms. The number of hydrogen-bond acceptors (Lipinski definition) is 7. The molecule has 3 aromatic rings. The summed E-state index contributed by atoms with van der Waals surface area (Å²) in [5.41, 5.74) is 1.81. The van der Waals surface area contributed by atoms with Crippen LogP contribution in [-0.2, 0) is 19.6 Å². The number of anilines is 1. The van der Waals surface area contributed by atoms with Crippen molar-refractivity contribution in [2.24, 2.45) is 0 Å². The van der Waals surface area contributed by atoms with Gasteiger partial charge < -0.3 is 10.1 Å². The number of sulfonamides is 1. The lowest BCUT2D eigenvalue weighted by Crippen LogP contribution is -2.22. The second-order valence-electron chi connectivity index (χ2n) is 6.20. The van der Waals surface area contributed by atoms with Crippen LogP contribution >= 0.6 is 0 Å². The summed E-state index contributed by atoms with van der Waals surface area (Å²) in [4.78, 5) is 32.5. The highest BCUT2D eigenvalue weighted by Gasteiger charge is 2.17. The molecule has 2 aromatic carbocycles. The molecule has 1 aromatic heterocycles. The molecule has 0 aliphatic rings. The van der Waals surface area contributed by atoms with Crippen LogP contribution in [0.15, 0.2) is 59.8 Å². The number of carbonyl (C=O) groups excluding carboxylic acids is 2. The van der Waals surface area contributed by atoms with Gasteiger partial charge in [0.2, 0.25) is 10.0 Å². The number of ether oxygens (including phenoxy) is 1. The third-order valence-electron chi connectivity index (χ3n) is 3.96. The molecule has 0 fully saturated rings. The molecular weight excluding hydrogens is 396 g/mol. The van der Waals surface area contributed by atoms with Gasteiger partial charge >= 0.3 is 5.97 Å². The van der Waals surface area contributed by atoms with E-state index in [1.807, 2.05) is 0 Å². The fraction of sp³-hybridized carbons (Fsp3) is 0.158. The van der Waals surface area contributed by atoms with E-state index in [2.05, 4.69) is 15.3 Å². The third-order valence-corrected chi connectivity index (χ3v) is 5.79. The Hall–Kier alpha value is -3.37. The van der Waals surface area contributed by atoms with Crippen LogP contribution in [0.4, 0.5) is 5.69 Å². The molecular formula is C19H18N4O5S. The van der Waals surface area contributed by atoms with Crippen LogP contribution < -0.4 is 5.32 Å². The SMILES string of the molecule is CN(C)S(=O)(=O)c1ccc(NC(=O)COC(=O)c2ccc3nccnc3c2)cc1. The summed E-state index contributed by atoms with van der Waals surface area (Å²) in [6, 6.07) is 10.4. The first kappa shape index (κ1) is 20.4. The predicted molar refractivity (Wildman–Crippen MR) is 106 cm³/mol. The largest absolute Gasteiger partial charge is 0.452 e. The number of amides is 1. The fourth-order valence-corrected chi connectivity index (χ4v) is 3.32. The second-order valence-corrected chi connectivity index (χ2v) is 8.35. The van der Waals surface area contributed by atoms with Crippen LogP contribution in [0.1, 0.15) is 10.4 Å². The molecule has 9 nitrogen and oxygen atoms in total. The summed E-state index contributed by atoms with van der Waals surface area (Å²) in [5, 5.41) is 2.54. The Labute approximate surface area is 167 Å². The summed E-state index contributed by atoms with van der Waals surface area (Å²) in [5.74, 6) is -1.22. The Morgan fingerprint density at radius 1 is 1.00 bits per heavy atom. The first-order valence-corrected chi connectivity index (χ1v) is 9.92. The van der Waals surface area contributed by atoms with Crippen molar-refractivity contribution in [1.29, 1.82) is 0 Å². The highest BCUT2D eigenvalue weighted by Crippen LogP contribution is 2.17. The maximum Gasteiger partial charge on any atom is 0.338 e. The highest BCUT2D eigenvalue weighted by molar-refractivity contribution is 7.89. The second kappa shape index (κ2) is 8.33. The molecule has 1 amide bonds. The van der Waals surface area contributed by atoms with Gasteiger partial charge in [-0.15, -0.1) is 0 Å². The third kappa shape index (κ3) is 4.73. The van der Waals surface area contributed by atoms with E-state index >= 15 is 0 Å². The van der Waals surface area contributed by atoms with Gasteiger partial charge in [0.1, 0.15) is 0 Å². The average Bonchev–Trinajstić information content (AvgIpc) is 2.72. The molecule has 3 rings (SSSR count). The topological polar surface area (TPSA) is 119 Å². The van der Waals surface area contributed by atoms with Crippen LogP contribution in [0.5, 0.6) is 0 Å². The predicted octanol–water partition coefficient (Wildman–Crippen LogP) is 1.68. The molecule has 10 heteroatoms. The maximum absolute atomic E-state index is 12.1. The number of fused-ring (bicyclic) bond motifs is 1. The Morgan fingerprint density at radius 3 is 2.31 bits per heavy atom. The molecule has 0 aliphatic heterocycles. The first-order chi connectivity index (χ1) is 13.8. The molecule has 29 heavy (non-hydrogen) atoms. The Bertz CT molecular complexity index is 1160. The number of rotatable bonds is 6. The van der Waals surface area contributed by atoms with E-state index in [4.69, 9.17) is 4.74 Å². The van der Waals surface area contributed by atoms with Crippen molar-refractivity contribution in [3.63, 3.8) is 0 Å². The van der Waals surface area contributed by atoms with Gasteiger partial charge in [0.25, 0.3) is 5.91 Å². The van der Waals surface area contributed by atoms with Crippen molar-refractivity contribution in [3.05, 3.63) is 60.4 Å². The smallest absolute Gasteiger partial charge is 0.338 e. The first-order valence-electron chi connectivity index (χ1n) is 8.48. The van der Waals surface area contributed by atoms with Gasteiger partial charge in [-0.1, -0.05) is 0 Å². The van der Waals surface area contributed by atoms with Crippen LogP contribution in [0.2, 0.25) is 0 Å². The zero-order valence-electron chi connectivity index (χ0n) is 15.7. The van der Waals surface area contributed by atoms with Gasteiger partial charge in [0.15, 0.2) is 6.61 Å². The van der Waals surface area contributed by atoms with Crippen molar-refractivity contribution in [2.75, 3.05) is 26.0 Å². The van der Waals surface area contributed by atoms with Crippen molar-refractivity contribution in [1.82, 2.24) is 14.3 Å². The fourth-order valence-electron chi connectivity index (χ4n) is 2.42. The average molecular weight is 414 g/mol. The molecule has 1 N–H and O–H groups in total. The molecule has 150 valence electrons. The normalized spacial score (nSPS) is 11.4. The minimum absolute atomic E-state index is 0.103. The summed E-state index contributed by atoms with van der Waals surface area (Å²) in [6.45, 7) is -0.491. The molecule has 0 spiro atoms. The molecule has 0 unspecified atom stereocenters. The molecule has 0 saturated heterocycles. The van der Waals surface area contributed by atoms with Gasteiger partial charge in [-0.3, -0.25) is 14.8 Å². The Kier molecular flexibility index (Phi) is 5.85. The molecule has 0 aliphatic carbocycles. The summed E-state index contributed by atoms with van der Waals surface area (Å²) in [7, 11) is -0.684. The standard InChI is InChI=1S/C19H18N4O5S/c1-23(2)29(26,27)15-6-4-14(5-7-15)22-18(24)12-28-19(25)13-3-8-16-17(11-13)21-10-9-20-16/h3-11H,12H2,1-2H3,(H,22,24). The zero-order chi connectivity index (χ0) is 21.0. The zero-order valence-corrected chi connectivity index (χ0v) is 16.5. The molecule has 1 heterocycles. The van der Waals surface area contributed by atoms with Crippen molar-refractivity contribution in [3.8, 4) is 0 Å². The highest BCUT2D eigenvalue weighted by atomic mass is 32.2. The monoisotopic (exact) mass is 414 g/mol. The number of aromatic nitrogens is 2. The van der Waals surface area contributed by atoms with E-state index in [9.17, 15) is 18.0 Å². The Morgan fingerprint density at radius 2 is 1.66 bits per heavy atom. The minimum atomic E-state index is -3.55. The van der Waals surface area contributed by atoms with Crippen molar-refractivity contribution >= 4 is 38.6 Å². The van der Waals surface area contributed by atoms with E-state index in [1.165, 1.54) is 50.6 Å². The molecule has 0 atom stereocenters. The lowest BCUT2D eigenvalue weighted by molar-refractivity contribution is -0.119. The van der Waals surface area contributed by atoms with E-state index in [0.29, 0.717) is 16.7 Å². The van der Waals surface area contributed by atoms with Crippen LogP contribution in [0.3, 0.4) is 0 Å². The van der Waals surface area contributed by atoms with Crippen molar-refractivity contribution in [2.45, 2.75) is 4.90 Å². The lowest BCUT2D eigenvalue weighted by atomic mass is 10.2. The summed E-state index contributed by atoms with van der Waals surface area (Å²) in [6.07, 6.45) is 3.06. The molecule has 0 saturated carbocycles. The number of hydrogen-bond donors (Lipinski definition) is 1. The maximum atomic E-state index is 12.1. The van der Waals surface area contributed by atoms with E-state index < -0.39 is 28.5 Å². The van der Waals surface area contributed by atoms with Gasteiger partial charge in [0.05, 0.1) is 21.5 Å². The van der Waals surface area contributed by atoms with Crippen LogP contribution in [-0.4, -0.2) is 55.3 Å². The van der Waals surface area contributed by atoms with Gasteiger partial charge in [-0.2, -0.15) is 0 Å². The van der Waals surface area contributed by atoms with Gasteiger partial charge in [0, 0.05) is 32.2 Å². The summed E-state index contributed by atoms with van der Waals surface area (Å²) < 4.78 is 30.2. The van der Waals surface area contributed by atoms with E-state index in [0.717, 1.165) is 4.31 Å².